The van der Waals surface area contributed by atoms with E-state index in [-0.39, 0.29) is 11.9 Å². The van der Waals surface area contributed by atoms with Gasteiger partial charge in [-0.25, -0.2) is 8.42 Å². The summed E-state index contributed by atoms with van der Waals surface area (Å²) in [7, 11) is -3.20. The Balaban J connectivity index is 1.33. The Kier molecular flexibility index (Phi) is 6.02. The summed E-state index contributed by atoms with van der Waals surface area (Å²) in [5, 5.41) is 10.3. The van der Waals surface area contributed by atoms with Gasteiger partial charge in [0.25, 0.3) is 0 Å². The molecule has 0 heterocycles. The van der Waals surface area contributed by atoms with E-state index in [1.807, 2.05) is 18.2 Å². The Morgan fingerprint density at radius 2 is 1.62 bits per heavy atom. The Labute approximate surface area is 195 Å². The van der Waals surface area contributed by atoms with Crippen LogP contribution >= 0.6 is 0 Å². The molecule has 4 fully saturated rings. The zero-order valence-electron chi connectivity index (χ0n) is 20.0. The molecule has 0 radical (unpaired) electrons. The SMILES string of the molecule is CC12CCC3C(CCC4CC(O)CCC43C)C1CCCC2CCS(=O)(=O)c1ccccc1. The van der Waals surface area contributed by atoms with Crippen LogP contribution in [-0.4, -0.2) is 25.4 Å². The van der Waals surface area contributed by atoms with Crippen LogP contribution in [0.4, 0.5) is 0 Å². The van der Waals surface area contributed by atoms with Crippen molar-refractivity contribution in [2.45, 2.75) is 95.5 Å². The second-order valence-electron chi connectivity index (χ2n) is 12.2. The minimum Gasteiger partial charge on any atom is -0.393 e. The van der Waals surface area contributed by atoms with Gasteiger partial charge in [-0.05, 0) is 117 Å². The number of sulfone groups is 1. The van der Waals surface area contributed by atoms with Crippen molar-refractivity contribution >= 4 is 9.84 Å². The number of rotatable bonds is 4. The highest BCUT2D eigenvalue weighted by Crippen LogP contribution is 2.66. The van der Waals surface area contributed by atoms with Gasteiger partial charge < -0.3 is 5.11 Å². The van der Waals surface area contributed by atoms with Gasteiger partial charge in [-0.1, -0.05) is 38.5 Å². The summed E-state index contributed by atoms with van der Waals surface area (Å²) in [4.78, 5) is 0.479. The summed E-state index contributed by atoms with van der Waals surface area (Å²) in [6.07, 6.45) is 12.9. The maximum atomic E-state index is 13.0. The summed E-state index contributed by atoms with van der Waals surface area (Å²) in [6, 6.07) is 9.02. The second-order valence-corrected chi connectivity index (χ2v) is 14.3. The molecule has 0 bridgehead atoms. The molecule has 3 nitrogen and oxygen atoms in total. The number of hydrogen-bond donors (Lipinski definition) is 1. The number of aliphatic hydroxyl groups is 1. The minimum atomic E-state index is -3.20. The predicted molar refractivity (Wildman–Crippen MR) is 129 cm³/mol. The molecule has 4 aliphatic rings. The molecule has 8 atom stereocenters. The molecule has 0 amide bonds. The van der Waals surface area contributed by atoms with Crippen LogP contribution in [0.25, 0.3) is 0 Å². The van der Waals surface area contributed by atoms with E-state index in [4.69, 9.17) is 0 Å². The van der Waals surface area contributed by atoms with E-state index < -0.39 is 9.84 Å². The predicted octanol–water partition coefficient (Wildman–Crippen LogP) is 6.26. The van der Waals surface area contributed by atoms with Crippen molar-refractivity contribution in [2.75, 3.05) is 5.75 Å². The van der Waals surface area contributed by atoms with Crippen molar-refractivity contribution in [1.29, 1.82) is 0 Å². The van der Waals surface area contributed by atoms with Gasteiger partial charge in [-0.15, -0.1) is 0 Å². The third-order valence-electron chi connectivity index (χ3n) is 10.9. The van der Waals surface area contributed by atoms with E-state index in [1.165, 1.54) is 51.4 Å². The fourth-order valence-corrected chi connectivity index (χ4v) is 10.5. The van der Waals surface area contributed by atoms with Gasteiger partial charge in [0.2, 0.25) is 0 Å². The molecule has 0 aromatic heterocycles. The lowest BCUT2D eigenvalue weighted by Gasteiger charge is -2.64. The van der Waals surface area contributed by atoms with Crippen LogP contribution in [0.3, 0.4) is 0 Å². The van der Waals surface area contributed by atoms with Gasteiger partial charge in [0, 0.05) is 0 Å². The fraction of sp³-hybridized carbons (Fsp3) is 0.786. The monoisotopic (exact) mass is 458 g/mol. The van der Waals surface area contributed by atoms with Crippen LogP contribution in [0.5, 0.6) is 0 Å². The zero-order valence-corrected chi connectivity index (χ0v) is 20.8. The van der Waals surface area contributed by atoms with Crippen molar-refractivity contribution in [3.63, 3.8) is 0 Å². The molecule has 178 valence electrons. The van der Waals surface area contributed by atoms with E-state index in [9.17, 15) is 13.5 Å². The maximum Gasteiger partial charge on any atom is 0.178 e. The van der Waals surface area contributed by atoms with Gasteiger partial charge in [-0.2, -0.15) is 0 Å². The molecule has 4 heteroatoms. The van der Waals surface area contributed by atoms with E-state index in [0.717, 1.165) is 37.0 Å². The smallest absolute Gasteiger partial charge is 0.178 e. The van der Waals surface area contributed by atoms with E-state index >= 15 is 0 Å². The zero-order chi connectivity index (χ0) is 22.6. The van der Waals surface area contributed by atoms with Gasteiger partial charge in [-0.3, -0.25) is 0 Å². The summed E-state index contributed by atoms with van der Waals surface area (Å²) < 4.78 is 25.9. The lowest BCUT2D eigenvalue weighted by atomic mass is 9.41. The first-order chi connectivity index (χ1) is 15.2. The molecule has 0 spiro atoms. The first-order valence-corrected chi connectivity index (χ1v) is 14.8. The molecule has 4 saturated carbocycles. The number of benzene rings is 1. The van der Waals surface area contributed by atoms with Crippen molar-refractivity contribution in [3.8, 4) is 0 Å². The molecule has 0 aliphatic heterocycles. The largest absolute Gasteiger partial charge is 0.393 e. The number of aliphatic hydroxyl groups excluding tert-OH is 1. The second kappa shape index (κ2) is 8.41. The Hall–Kier alpha value is -0.870. The van der Waals surface area contributed by atoms with Gasteiger partial charge >= 0.3 is 0 Å². The molecule has 1 aromatic rings. The molecule has 32 heavy (non-hydrogen) atoms. The number of hydrogen-bond acceptors (Lipinski definition) is 3. The van der Waals surface area contributed by atoms with Gasteiger partial charge in [0.1, 0.15) is 0 Å². The average molecular weight is 459 g/mol. The summed E-state index contributed by atoms with van der Waals surface area (Å²) in [5.41, 5.74) is 0.704. The minimum absolute atomic E-state index is 0.0795. The summed E-state index contributed by atoms with van der Waals surface area (Å²) in [5.74, 6) is 3.88. The summed E-state index contributed by atoms with van der Waals surface area (Å²) in [6.45, 7) is 5.07. The Morgan fingerprint density at radius 1 is 0.906 bits per heavy atom. The third-order valence-corrected chi connectivity index (χ3v) is 12.7. The Morgan fingerprint density at radius 3 is 2.41 bits per heavy atom. The van der Waals surface area contributed by atoms with Crippen LogP contribution in [0, 0.1) is 40.4 Å². The van der Waals surface area contributed by atoms with Gasteiger partial charge in [0.05, 0.1) is 16.8 Å². The number of fused-ring (bicyclic) bond motifs is 5. The summed E-state index contributed by atoms with van der Waals surface area (Å²) >= 11 is 0. The first kappa shape index (κ1) is 22.9. The molecule has 4 aliphatic carbocycles. The molecule has 0 saturated heterocycles. The quantitative estimate of drug-likeness (QED) is 0.579. The first-order valence-electron chi connectivity index (χ1n) is 13.2. The lowest BCUT2D eigenvalue weighted by molar-refractivity contribution is -0.151. The topological polar surface area (TPSA) is 54.4 Å². The van der Waals surface area contributed by atoms with Crippen LogP contribution in [0.15, 0.2) is 35.2 Å². The highest BCUT2D eigenvalue weighted by molar-refractivity contribution is 7.91. The molecule has 1 N–H and O–H groups in total. The third kappa shape index (κ3) is 3.78. The van der Waals surface area contributed by atoms with Crippen molar-refractivity contribution in [1.82, 2.24) is 0 Å². The van der Waals surface area contributed by atoms with E-state index in [1.54, 1.807) is 12.1 Å². The van der Waals surface area contributed by atoms with E-state index in [0.29, 0.717) is 27.6 Å². The maximum absolute atomic E-state index is 13.0. The molecule has 8 unspecified atom stereocenters. The van der Waals surface area contributed by atoms with Crippen molar-refractivity contribution < 1.29 is 13.5 Å². The van der Waals surface area contributed by atoms with Crippen LogP contribution in [-0.2, 0) is 9.84 Å². The van der Waals surface area contributed by atoms with Crippen molar-refractivity contribution in [2.24, 2.45) is 40.4 Å². The normalized spacial score (nSPS) is 44.2. The fourth-order valence-electron chi connectivity index (χ4n) is 9.06. The molecule has 5 rings (SSSR count). The van der Waals surface area contributed by atoms with Crippen LogP contribution < -0.4 is 0 Å². The Bertz CT molecular complexity index is 912. The lowest BCUT2D eigenvalue weighted by Crippen LogP contribution is -2.56. The van der Waals surface area contributed by atoms with Crippen molar-refractivity contribution in [3.05, 3.63) is 30.3 Å². The highest BCUT2D eigenvalue weighted by Gasteiger charge is 2.58. The molecular formula is C28H42O3S. The average Bonchev–Trinajstić information content (AvgIpc) is 2.78. The van der Waals surface area contributed by atoms with E-state index in [2.05, 4.69) is 13.8 Å². The molecule has 1 aromatic carbocycles. The standard InChI is InChI=1S/C28H42O3S/c1-27-17-14-26-24(12-11-21-19-22(29)13-16-28(21,26)2)25(27)10-6-7-20(27)15-18-32(30,31)23-8-4-3-5-9-23/h3-5,8-9,20-22,24-26,29H,6-7,10-19H2,1-2H3. The van der Waals surface area contributed by atoms with Crippen LogP contribution in [0.2, 0.25) is 0 Å². The molecular weight excluding hydrogens is 416 g/mol. The highest BCUT2D eigenvalue weighted by atomic mass is 32.2. The van der Waals surface area contributed by atoms with Gasteiger partial charge in [0.15, 0.2) is 9.84 Å². The van der Waals surface area contributed by atoms with Crippen LogP contribution in [0.1, 0.15) is 84.5 Å².